The maximum atomic E-state index is 10.8. The van der Waals surface area contributed by atoms with Gasteiger partial charge in [-0.05, 0) is 43.0 Å². The predicted octanol–water partition coefficient (Wildman–Crippen LogP) is 3.79. The van der Waals surface area contributed by atoms with Crippen molar-refractivity contribution in [3.05, 3.63) is 33.3 Å². The topological polar surface area (TPSA) is 40.5 Å². The number of rotatable bonds is 4. The van der Waals surface area contributed by atoms with Gasteiger partial charge in [-0.15, -0.1) is 0 Å². The zero-order chi connectivity index (χ0) is 13.8. The van der Waals surface area contributed by atoms with E-state index in [0.29, 0.717) is 0 Å². The van der Waals surface area contributed by atoms with Crippen LogP contribution in [-0.4, -0.2) is 29.1 Å². The summed E-state index contributed by atoms with van der Waals surface area (Å²) in [6, 6.07) is 5.81. The van der Waals surface area contributed by atoms with E-state index in [0.717, 1.165) is 42.0 Å². The molecular weight excluding hydrogens is 330 g/mol. The van der Waals surface area contributed by atoms with Gasteiger partial charge in [-0.1, -0.05) is 33.6 Å². The van der Waals surface area contributed by atoms with Crippen molar-refractivity contribution in [3.8, 4) is 0 Å². The largest absolute Gasteiger partial charge is 0.481 e. The SMILES string of the molecule is O=C(O)CC1CCCN(Cc2ccc(Cl)cc2Br)C1. The number of carboxylic acids is 1. The van der Waals surface area contributed by atoms with Crippen LogP contribution in [0.5, 0.6) is 0 Å². The van der Waals surface area contributed by atoms with Gasteiger partial charge in [0, 0.05) is 29.0 Å². The lowest BCUT2D eigenvalue weighted by atomic mass is 9.94. The van der Waals surface area contributed by atoms with Crippen LogP contribution in [0.3, 0.4) is 0 Å². The van der Waals surface area contributed by atoms with Crippen LogP contribution < -0.4 is 0 Å². The Bertz CT molecular complexity index is 467. The molecule has 19 heavy (non-hydrogen) atoms. The first-order chi connectivity index (χ1) is 9.04. The molecule has 1 heterocycles. The number of likely N-dealkylation sites (tertiary alicyclic amines) is 1. The third kappa shape index (κ3) is 4.48. The summed E-state index contributed by atoms with van der Waals surface area (Å²) in [6.45, 7) is 2.74. The monoisotopic (exact) mass is 345 g/mol. The van der Waals surface area contributed by atoms with E-state index < -0.39 is 5.97 Å². The van der Waals surface area contributed by atoms with Crippen molar-refractivity contribution in [2.24, 2.45) is 5.92 Å². The number of carbonyl (C=O) groups is 1. The minimum absolute atomic E-state index is 0.275. The van der Waals surface area contributed by atoms with E-state index in [4.69, 9.17) is 16.7 Å². The fourth-order valence-corrected chi connectivity index (χ4v) is 3.41. The summed E-state index contributed by atoms with van der Waals surface area (Å²) in [6.07, 6.45) is 2.37. The summed E-state index contributed by atoms with van der Waals surface area (Å²) in [7, 11) is 0. The molecule has 0 saturated carbocycles. The van der Waals surface area contributed by atoms with Gasteiger partial charge in [0.05, 0.1) is 0 Å². The molecular formula is C14H17BrClNO2. The zero-order valence-electron chi connectivity index (χ0n) is 10.6. The van der Waals surface area contributed by atoms with Gasteiger partial charge in [0.1, 0.15) is 0 Å². The molecule has 0 radical (unpaired) electrons. The van der Waals surface area contributed by atoms with Crippen LogP contribution in [0, 0.1) is 5.92 Å². The first-order valence-corrected chi connectivity index (χ1v) is 7.60. The number of halogens is 2. The molecule has 0 spiro atoms. The van der Waals surface area contributed by atoms with Crippen molar-refractivity contribution in [2.45, 2.75) is 25.8 Å². The van der Waals surface area contributed by atoms with Crippen LogP contribution in [0.1, 0.15) is 24.8 Å². The molecule has 1 aromatic carbocycles. The molecule has 0 aliphatic carbocycles. The van der Waals surface area contributed by atoms with Crippen LogP contribution >= 0.6 is 27.5 Å². The second-order valence-corrected chi connectivity index (χ2v) is 6.37. The van der Waals surface area contributed by atoms with Crippen molar-refractivity contribution in [2.75, 3.05) is 13.1 Å². The molecule has 1 aromatic rings. The third-order valence-corrected chi connectivity index (χ3v) is 4.45. The summed E-state index contributed by atoms with van der Waals surface area (Å²) in [4.78, 5) is 13.1. The van der Waals surface area contributed by atoms with Gasteiger partial charge >= 0.3 is 5.97 Å². The predicted molar refractivity (Wildman–Crippen MR) is 79.4 cm³/mol. The minimum Gasteiger partial charge on any atom is -0.481 e. The molecule has 1 aliphatic rings. The molecule has 5 heteroatoms. The van der Waals surface area contributed by atoms with E-state index in [2.05, 4.69) is 20.8 Å². The number of aliphatic carboxylic acids is 1. The Labute approximate surface area is 126 Å². The van der Waals surface area contributed by atoms with Crippen LogP contribution in [0.2, 0.25) is 5.02 Å². The summed E-state index contributed by atoms with van der Waals surface area (Å²) in [5.74, 6) is -0.420. The summed E-state index contributed by atoms with van der Waals surface area (Å²) in [5.41, 5.74) is 1.19. The number of benzene rings is 1. The van der Waals surface area contributed by atoms with Crippen LogP contribution in [0.4, 0.5) is 0 Å². The molecule has 1 aliphatic heterocycles. The molecule has 0 bridgehead atoms. The molecule has 2 rings (SSSR count). The molecule has 1 atom stereocenters. The maximum absolute atomic E-state index is 10.8. The average molecular weight is 347 g/mol. The quantitative estimate of drug-likeness (QED) is 0.902. The molecule has 104 valence electrons. The zero-order valence-corrected chi connectivity index (χ0v) is 13.0. The highest BCUT2D eigenvalue weighted by Crippen LogP contribution is 2.26. The normalized spacial score (nSPS) is 20.4. The lowest BCUT2D eigenvalue weighted by molar-refractivity contribution is -0.138. The van der Waals surface area contributed by atoms with Crippen molar-refractivity contribution in [1.82, 2.24) is 4.90 Å². The molecule has 0 aromatic heterocycles. The second kappa shape index (κ2) is 6.73. The summed E-state index contributed by atoms with van der Waals surface area (Å²) < 4.78 is 1.01. The Kier molecular flexibility index (Phi) is 5.25. The standard InChI is InChI=1S/C14H17BrClNO2/c15-13-7-12(16)4-3-11(13)9-17-5-1-2-10(8-17)6-14(18)19/h3-4,7,10H,1-2,5-6,8-9H2,(H,18,19). The number of piperidine rings is 1. The van der Waals surface area contributed by atoms with E-state index in [1.54, 1.807) is 0 Å². The van der Waals surface area contributed by atoms with Crippen molar-refractivity contribution in [1.29, 1.82) is 0 Å². The van der Waals surface area contributed by atoms with Gasteiger partial charge in [0.25, 0.3) is 0 Å². The Hall–Kier alpha value is -0.580. The van der Waals surface area contributed by atoms with Gasteiger partial charge in [0.2, 0.25) is 0 Å². The summed E-state index contributed by atoms with van der Waals surface area (Å²) in [5, 5.41) is 9.60. The maximum Gasteiger partial charge on any atom is 0.303 e. The molecule has 1 saturated heterocycles. The minimum atomic E-state index is -0.695. The molecule has 1 fully saturated rings. The van der Waals surface area contributed by atoms with Gasteiger partial charge in [-0.3, -0.25) is 9.69 Å². The average Bonchev–Trinajstić information content (AvgIpc) is 2.32. The lowest BCUT2D eigenvalue weighted by Gasteiger charge is -2.32. The van der Waals surface area contributed by atoms with Crippen LogP contribution in [0.25, 0.3) is 0 Å². The number of nitrogens with zero attached hydrogens (tertiary/aromatic N) is 1. The smallest absolute Gasteiger partial charge is 0.303 e. The Morgan fingerprint density at radius 1 is 1.53 bits per heavy atom. The second-order valence-electron chi connectivity index (χ2n) is 5.08. The number of carboxylic acid groups (broad SMARTS) is 1. The Balaban J connectivity index is 1.96. The van der Waals surface area contributed by atoms with E-state index in [1.807, 2.05) is 18.2 Å². The Morgan fingerprint density at radius 3 is 3.00 bits per heavy atom. The van der Waals surface area contributed by atoms with E-state index >= 15 is 0 Å². The van der Waals surface area contributed by atoms with Gasteiger partial charge in [-0.25, -0.2) is 0 Å². The van der Waals surface area contributed by atoms with Gasteiger partial charge in [0.15, 0.2) is 0 Å². The van der Waals surface area contributed by atoms with E-state index in [-0.39, 0.29) is 12.3 Å². The number of hydrogen-bond donors (Lipinski definition) is 1. The summed E-state index contributed by atoms with van der Waals surface area (Å²) >= 11 is 9.46. The van der Waals surface area contributed by atoms with Crippen molar-refractivity contribution < 1.29 is 9.90 Å². The molecule has 3 nitrogen and oxygen atoms in total. The fraction of sp³-hybridized carbons (Fsp3) is 0.500. The lowest BCUT2D eigenvalue weighted by Crippen LogP contribution is -2.35. The van der Waals surface area contributed by atoms with Crippen molar-refractivity contribution >= 4 is 33.5 Å². The Morgan fingerprint density at radius 2 is 2.32 bits per heavy atom. The van der Waals surface area contributed by atoms with Gasteiger partial charge < -0.3 is 5.11 Å². The molecule has 1 N–H and O–H groups in total. The third-order valence-electron chi connectivity index (χ3n) is 3.48. The van der Waals surface area contributed by atoms with Crippen LogP contribution in [0.15, 0.2) is 22.7 Å². The highest BCUT2D eigenvalue weighted by atomic mass is 79.9. The van der Waals surface area contributed by atoms with Crippen LogP contribution in [-0.2, 0) is 11.3 Å². The molecule has 1 unspecified atom stereocenters. The van der Waals surface area contributed by atoms with E-state index in [9.17, 15) is 4.79 Å². The highest BCUT2D eigenvalue weighted by Gasteiger charge is 2.22. The molecule has 0 amide bonds. The number of hydrogen-bond acceptors (Lipinski definition) is 2. The van der Waals surface area contributed by atoms with Crippen molar-refractivity contribution in [3.63, 3.8) is 0 Å². The van der Waals surface area contributed by atoms with E-state index in [1.165, 1.54) is 5.56 Å². The first kappa shape index (κ1) is 14.8. The fourth-order valence-electron chi connectivity index (χ4n) is 2.60. The highest BCUT2D eigenvalue weighted by molar-refractivity contribution is 9.10. The van der Waals surface area contributed by atoms with Gasteiger partial charge in [-0.2, -0.15) is 0 Å². The first-order valence-electron chi connectivity index (χ1n) is 6.42.